The average molecular weight is 1630 g/mol. The number of nitrogens with zero attached hydrogens (tertiary/aromatic N) is 9. The van der Waals surface area contributed by atoms with Crippen LogP contribution in [0.1, 0.15) is 248 Å². The summed E-state index contributed by atoms with van der Waals surface area (Å²) in [6.45, 7) is 58.5. The van der Waals surface area contributed by atoms with E-state index in [1.54, 1.807) is 7.11 Å². The minimum absolute atomic E-state index is 0.0140. The molecule has 0 aromatic heterocycles. The Morgan fingerprint density at radius 1 is 0.455 bits per heavy atom. The highest BCUT2D eigenvalue weighted by Crippen LogP contribution is 2.38. The number of likely N-dealkylation sites (tertiary alicyclic amines) is 8. The van der Waals surface area contributed by atoms with E-state index in [1.807, 2.05) is 39.5 Å². The molecule has 0 radical (unpaired) electrons. The standard InChI is InChI=1S/C11H22N2O.C10H20N2O2.C10H18N2O.C9H18N2O2S.C9H18N2O2.2C9H18N2O.C9H17N.C7H14O2S/c1-5-12(6-2)11(14)10-7-8-13(10)9(3)4;1-8(2)12-6-4-9(12)10(13)11-5-7-14-3;1-7(2)12-6-5-9(12)10(13)11-8-3-4-8;1-7(2)11-5-9(6-11)14(12,13)10-8-3-4-8;1-7(2)11-5-3-8(11)9(13)10-4-6-12;1-7(2)11-5-3-8(4-6-11)9(10)12;1-4-10-9(12)8-5-6-11(8)7(2)3;1-7(2)10-6-8-3-4-9(10)5-8;1-6(2)5-10(8,9)7-3-4-7/h9-10H,5-8H2,1-4H3;8-9H,4-7H2,1-3H3,(H,11,13);7-9H,3-6H2,1-2H3,(H,11,13);7-10H,3-6H2,1-2H3;7-8,12H,3-6H2,1-2H3,(H,10,13);7-8H,3-6H2,1-2H3,(H2,10,12);7-8H,4-6H2,1-3H3,(H,10,12);7-9H,3-6H2,1-2H3;6-7H,3-5H2,1-2H3/t10-;2*9-;;8-;;8-;;/m000.0.0../s1. The summed E-state index contributed by atoms with van der Waals surface area (Å²) in [7, 11) is -4.07. The van der Waals surface area contributed by atoms with Crippen molar-refractivity contribution in [3.05, 3.63) is 0 Å². The van der Waals surface area contributed by atoms with Crippen molar-refractivity contribution in [2.45, 2.75) is 355 Å². The van der Waals surface area contributed by atoms with E-state index in [9.17, 15) is 45.6 Å². The number of nitrogens with one attached hydrogen (secondary N) is 5. The van der Waals surface area contributed by atoms with Crippen LogP contribution in [0.4, 0.5) is 0 Å². The van der Waals surface area contributed by atoms with Gasteiger partial charge in [-0.1, -0.05) is 13.8 Å². The molecule has 27 nitrogen and oxygen atoms in total. The number of primary amides is 1. The van der Waals surface area contributed by atoms with Crippen molar-refractivity contribution in [3.63, 3.8) is 0 Å². The number of piperidine rings is 2. The summed E-state index contributed by atoms with van der Waals surface area (Å²) >= 11 is 0. The van der Waals surface area contributed by atoms with Crippen molar-refractivity contribution in [1.29, 1.82) is 0 Å². The van der Waals surface area contributed by atoms with Crippen LogP contribution in [0.15, 0.2) is 0 Å². The van der Waals surface area contributed by atoms with E-state index in [0.29, 0.717) is 92.8 Å². The van der Waals surface area contributed by atoms with Gasteiger partial charge in [0, 0.05) is 165 Å². The van der Waals surface area contributed by atoms with Gasteiger partial charge in [0.15, 0.2) is 9.84 Å². The van der Waals surface area contributed by atoms with Gasteiger partial charge in [0.05, 0.1) is 54.4 Å². The number of sulfone groups is 1. The van der Waals surface area contributed by atoms with E-state index in [-0.39, 0.29) is 94.7 Å². The maximum Gasteiger partial charge on any atom is 0.239 e. The molecule has 8 saturated heterocycles. The Labute approximate surface area is 680 Å². The van der Waals surface area contributed by atoms with Gasteiger partial charge in [0.25, 0.3) is 0 Å². The van der Waals surface area contributed by atoms with Crippen molar-refractivity contribution < 1.29 is 55.4 Å². The first-order valence-corrected chi connectivity index (χ1v) is 47.0. The minimum Gasteiger partial charge on any atom is -0.395 e. The number of nitrogens with two attached hydrogens (primary N) is 1. The molecule has 112 heavy (non-hydrogen) atoms. The molecule has 2 unspecified atom stereocenters. The van der Waals surface area contributed by atoms with Crippen LogP contribution >= 0.6 is 0 Å². The van der Waals surface area contributed by atoms with Gasteiger partial charge in [-0.3, -0.25) is 63.1 Å². The van der Waals surface area contributed by atoms with Gasteiger partial charge in [0.1, 0.15) is 5.25 Å². The SMILES string of the molecule is CC(C)CS(=O)(=O)C1CC1.CC(C)N1CC(S(=O)(=O)NC2CC2)C1.CC(C)N1CC2CCC1C2.CC(C)N1CCC(C(N)=O)CC1.CC(C)N1CC[C@H]1C(=O)NC1CC1.CC(C)N1CC[C@H]1C(=O)NCCO.CCN(CC)C(=O)[C@@H]1CCN1C(C)C.CCNC(=O)[C@@H]1CCN1C(C)C.COCCNC(=O)[C@@H]1CCN1C(C)C. The van der Waals surface area contributed by atoms with E-state index >= 15 is 0 Å². The lowest BCUT2D eigenvalue weighted by atomic mass is 9.95. The topological polar surface area (TPSA) is 315 Å². The zero-order valence-corrected chi connectivity index (χ0v) is 75.7. The first kappa shape index (κ1) is 101. The fourth-order valence-corrected chi connectivity index (χ4v) is 19.4. The summed E-state index contributed by atoms with van der Waals surface area (Å²) in [5.74, 6) is 2.67. The molecule has 0 spiro atoms. The number of carbonyl (C=O) groups excluding carboxylic acids is 6. The Morgan fingerprint density at radius 3 is 1.17 bits per heavy atom. The molecule has 6 amide bonds. The smallest absolute Gasteiger partial charge is 0.239 e. The molecular weight excluding hydrogens is 1460 g/mol. The van der Waals surface area contributed by atoms with Gasteiger partial charge in [-0.2, -0.15) is 0 Å². The molecular formula is C83H163N15O12S2. The highest BCUT2D eigenvalue weighted by Gasteiger charge is 2.44. The molecule has 4 aliphatic carbocycles. The summed E-state index contributed by atoms with van der Waals surface area (Å²) in [6, 6.07) is 6.53. The van der Waals surface area contributed by atoms with Crippen LogP contribution in [-0.4, -0.2) is 333 Å². The third-order valence-electron chi connectivity index (χ3n) is 23.8. The largest absolute Gasteiger partial charge is 0.395 e. The van der Waals surface area contributed by atoms with Crippen LogP contribution in [0.5, 0.6) is 0 Å². The lowest BCUT2D eigenvalue weighted by molar-refractivity contribution is -0.142. The molecule has 2 bridgehead atoms. The van der Waals surface area contributed by atoms with Crippen molar-refractivity contribution in [2.75, 3.05) is 124 Å². The normalized spacial score (nSPS) is 24.9. The number of hydrogen-bond donors (Lipinski definition) is 7. The Kier molecular flexibility index (Phi) is 44.6. The summed E-state index contributed by atoms with van der Waals surface area (Å²) in [6.07, 6.45) is 17.6. The molecule has 12 rings (SSSR count). The van der Waals surface area contributed by atoms with Crippen LogP contribution < -0.4 is 31.7 Å². The number of rotatable bonds is 29. The number of hydrogen-bond acceptors (Lipinski definition) is 20. The fourth-order valence-electron chi connectivity index (χ4n) is 15.7. The van der Waals surface area contributed by atoms with Gasteiger partial charge in [-0.25, -0.2) is 21.6 Å². The number of ether oxygens (including phenoxy) is 1. The minimum atomic E-state index is -3.02. The summed E-state index contributed by atoms with van der Waals surface area (Å²) < 4.78 is 53.4. The number of carbonyl (C=O) groups is 6. The second-order valence-corrected chi connectivity index (χ2v) is 39.9. The molecule has 12 fully saturated rings. The average Bonchev–Trinajstić information content (AvgIpc) is 1.30. The van der Waals surface area contributed by atoms with Crippen LogP contribution in [0.25, 0.3) is 0 Å². The van der Waals surface area contributed by atoms with Gasteiger partial charge >= 0.3 is 0 Å². The second-order valence-electron chi connectivity index (χ2n) is 35.6. The van der Waals surface area contributed by atoms with E-state index < -0.39 is 19.9 Å². The van der Waals surface area contributed by atoms with Crippen molar-refractivity contribution in [1.82, 2.24) is 70.1 Å². The van der Waals surface area contributed by atoms with Crippen molar-refractivity contribution in [2.24, 2.45) is 23.5 Å². The zero-order chi connectivity index (χ0) is 84.1. The molecule has 0 aromatic carbocycles. The molecule has 8 heterocycles. The predicted molar refractivity (Wildman–Crippen MR) is 453 cm³/mol. The van der Waals surface area contributed by atoms with E-state index in [1.165, 1.54) is 38.6 Å². The molecule has 8 aliphatic heterocycles. The first-order valence-electron chi connectivity index (χ1n) is 43.7. The van der Waals surface area contributed by atoms with E-state index in [0.717, 1.165) is 154 Å². The lowest BCUT2D eigenvalue weighted by Crippen LogP contribution is -2.59. The number of likely N-dealkylation sites (N-methyl/N-ethyl adjacent to an activating group) is 2. The molecule has 8 N–H and O–H groups in total. The monoisotopic (exact) mass is 1630 g/mol. The predicted octanol–water partition coefficient (Wildman–Crippen LogP) is 6.35. The van der Waals surface area contributed by atoms with Crippen LogP contribution in [-0.2, 0) is 53.4 Å². The Bertz CT molecular complexity index is 2990. The van der Waals surface area contributed by atoms with Crippen LogP contribution in [0.2, 0.25) is 0 Å². The fraction of sp³-hybridized carbons (Fsp3) is 0.928. The number of fused-ring (bicyclic) bond motifs is 2. The maximum absolute atomic E-state index is 12.0. The number of amides is 6. The molecule has 0 aromatic rings. The number of aliphatic hydroxyl groups excluding tert-OH is 1. The summed E-state index contributed by atoms with van der Waals surface area (Å²) in [4.78, 5) is 89.2. The number of sulfonamides is 1. The molecule has 4 saturated carbocycles. The highest BCUT2D eigenvalue weighted by molar-refractivity contribution is 7.92. The Hall–Kier alpha value is -3.72. The third kappa shape index (κ3) is 33.6. The van der Waals surface area contributed by atoms with Crippen molar-refractivity contribution >= 4 is 55.3 Å². The first-order chi connectivity index (χ1) is 52.7. The van der Waals surface area contributed by atoms with Crippen LogP contribution in [0.3, 0.4) is 0 Å². The summed E-state index contributed by atoms with van der Waals surface area (Å²) in [5.41, 5.74) is 5.23. The highest BCUT2D eigenvalue weighted by atomic mass is 32.2. The van der Waals surface area contributed by atoms with Crippen molar-refractivity contribution in [3.8, 4) is 0 Å². The number of aliphatic hydroxyl groups is 1. The summed E-state index contributed by atoms with van der Waals surface area (Å²) in [5, 5.41) is 19.8. The van der Waals surface area contributed by atoms with Crippen LogP contribution in [0, 0.1) is 17.8 Å². The molecule has 654 valence electrons. The Morgan fingerprint density at radius 2 is 0.866 bits per heavy atom. The van der Waals surface area contributed by atoms with Gasteiger partial charge in [-0.15, -0.1) is 0 Å². The molecule has 12 aliphatic rings. The van der Waals surface area contributed by atoms with Gasteiger partial charge in [-0.05, 0) is 259 Å². The maximum atomic E-state index is 12.0. The molecule has 29 heteroatoms. The van der Waals surface area contributed by atoms with Gasteiger partial charge < -0.3 is 46.6 Å². The zero-order valence-electron chi connectivity index (χ0n) is 74.0. The van der Waals surface area contributed by atoms with E-state index in [4.69, 9.17) is 15.6 Å². The number of methoxy groups -OCH3 is 1. The third-order valence-corrected chi connectivity index (χ3v) is 28.3. The quantitative estimate of drug-likeness (QED) is 0.0401. The van der Waals surface area contributed by atoms with E-state index in [2.05, 4.69) is 176 Å². The second kappa shape index (κ2) is 49.6. The molecule has 7 atom stereocenters. The Balaban J connectivity index is 0.000000266. The van der Waals surface area contributed by atoms with Gasteiger partial charge in [0.2, 0.25) is 45.5 Å². The lowest BCUT2D eigenvalue weighted by Gasteiger charge is -2.44.